The monoisotopic (exact) mass is 224 g/mol. The van der Waals surface area contributed by atoms with Gasteiger partial charge in [0.15, 0.2) is 0 Å². The second-order valence-corrected chi connectivity index (χ2v) is 5.22. The lowest BCUT2D eigenvalue weighted by atomic mass is 9.87. The van der Waals surface area contributed by atoms with Gasteiger partial charge < -0.3 is 0 Å². The van der Waals surface area contributed by atoms with E-state index in [9.17, 15) is 0 Å². The van der Waals surface area contributed by atoms with E-state index in [1.807, 2.05) is 13.8 Å². The maximum Gasteiger partial charge on any atom is -0.0275 e. The summed E-state index contributed by atoms with van der Waals surface area (Å²) in [4.78, 5) is 0. The van der Waals surface area contributed by atoms with Gasteiger partial charge in [-0.3, -0.25) is 0 Å². The standard InChI is InChI=1S/C14H26.C2H6/c1-7-9-13(12(3)8-2)10-11-14(4,5)6;1-2/h7,9H,8,10-11H2,1-6H3;1-2H3/b9-7-,13-12+;. The summed E-state index contributed by atoms with van der Waals surface area (Å²) in [6.45, 7) is 17.5. The van der Waals surface area contributed by atoms with Crippen molar-refractivity contribution in [2.45, 2.75) is 74.7 Å². The molecule has 0 fully saturated rings. The minimum absolute atomic E-state index is 0.445. The molecule has 0 saturated heterocycles. The second kappa shape index (κ2) is 9.69. The molecule has 0 nitrogen and oxygen atoms in total. The van der Waals surface area contributed by atoms with Crippen molar-refractivity contribution in [3.05, 3.63) is 23.3 Å². The Hall–Kier alpha value is -0.520. The van der Waals surface area contributed by atoms with Gasteiger partial charge in [-0.1, -0.05) is 59.3 Å². The lowest BCUT2D eigenvalue weighted by Gasteiger charge is -2.19. The van der Waals surface area contributed by atoms with Gasteiger partial charge in [-0.25, -0.2) is 0 Å². The molecule has 0 unspecified atom stereocenters. The Bertz CT molecular complexity index is 211. The van der Waals surface area contributed by atoms with Crippen LogP contribution in [0.5, 0.6) is 0 Å². The molecule has 0 amide bonds. The van der Waals surface area contributed by atoms with Gasteiger partial charge in [0.25, 0.3) is 0 Å². The average Bonchev–Trinajstić information content (AvgIpc) is 2.24. The summed E-state index contributed by atoms with van der Waals surface area (Å²) in [6.07, 6.45) is 8.07. The van der Waals surface area contributed by atoms with Crippen molar-refractivity contribution in [3.63, 3.8) is 0 Å². The predicted molar refractivity (Wildman–Crippen MR) is 77.8 cm³/mol. The second-order valence-electron chi connectivity index (χ2n) is 5.22. The minimum atomic E-state index is 0.445. The largest absolute Gasteiger partial charge is 0.0874 e. The van der Waals surface area contributed by atoms with Gasteiger partial charge in [-0.2, -0.15) is 0 Å². The number of rotatable bonds is 4. The van der Waals surface area contributed by atoms with Gasteiger partial charge in [-0.05, 0) is 44.1 Å². The third-order valence-corrected chi connectivity index (χ3v) is 2.59. The van der Waals surface area contributed by atoms with E-state index >= 15 is 0 Å². The van der Waals surface area contributed by atoms with Gasteiger partial charge >= 0.3 is 0 Å². The molecule has 0 aromatic carbocycles. The van der Waals surface area contributed by atoms with Crippen LogP contribution in [0.25, 0.3) is 0 Å². The molecular formula is C16H32. The lowest BCUT2D eigenvalue weighted by molar-refractivity contribution is 0.378. The third-order valence-electron chi connectivity index (χ3n) is 2.59. The summed E-state index contributed by atoms with van der Waals surface area (Å²) in [7, 11) is 0. The molecule has 0 aliphatic rings. The van der Waals surface area contributed by atoms with Crippen LogP contribution in [0.1, 0.15) is 74.7 Å². The quantitative estimate of drug-likeness (QED) is 0.503. The molecule has 0 aliphatic heterocycles. The summed E-state index contributed by atoms with van der Waals surface area (Å²) in [6, 6.07) is 0. The summed E-state index contributed by atoms with van der Waals surface area (Å²) in [5, 5.41) is 0. The van der Waals surface area contributed by atoms with E-state index in [1.54, 1.807) is 0 Å². The van der Waals surface area contributed by atoms with Crippen molar-refractivity contribution in [2.75, 3.05) is 0 Å². The fourth-order valence-corrected chi connectivity index (χ4v) is 1.38. The van der Waals surface area contributed by atoms with Crippen LogP contribution in [0, 0.1) is 5.41 Å². The average molecular weight is 224 g/mol. The molecule has 0 heteroatoms. The predicted octanol–water partition coefficient (Wildman–Crippen LogP) is 6.14. The number of allylic oxidation sites excluding steroid dienone is 4. The van der Waals surface area contributed by atoms with E-state index in [0.29, 0.717) is 5.41 Å². The molecular weight excluding hydrogens is 192 g/mol. The van der Waals surface area contributed by atoms with E-state index in [-0.39, 0.29) is 0 Å². The van der Waals surface area contributed by atoms with Crippen molar-refractivity contribution in [1.82, 2.24) is 0 Å². The van der Waals surface area contributed by atoms with Crippen molar-refractivity contribution in [1.29, 1.82) is 0 Å². The molecule has 0 atom stereocenters. The Balaban J connectivity index is 0. The Labute approximate surface area is 104 Å². The van der Waals surface area contributed by atoms with Gasteiger partial charge in [0, 0.05) is 0 Å². The highest BCUT2D eigenvalue weighted by Gasteiger charge is 2.10. The van der Waals surface area contributed by atoms with E-state index in [0.717, 1.165) is 0 Å². The summed E-state index contributed by atoms with van der Waals surface area (Å²) >= 11 is 0. The number of hydrogen-bond acceptors (Lipinski definition) is 0. The smallest absolute Gasteiger partial charge is 0.0275 e. The Kier molecular flexibility index (Phi) is 10.8. The zero-order valence-corrected chi connectivity index (χ0v) is 12.8. The molecule has 0 heterocycles. The van der Waals surface area contributed by atoms with Crippen LogP contribution in [0.15, 0.2) is 23.3 Å². The Morgan fingerprint density at radius 3 is 1.94 bits per heavy atom. The summed E-state index contributed by atoms with van der Waals surface area (Å²) in [5.41, 5.74) is 3.51. The van der Waals surface area contributed by atoms with Crippen LogP contribution in [-0.2, 0) is 0 Å². The highest BCUT2D eigenvalue weighted by atomic mass is 14.2. The van der Waals surface area contributed by atoms with E-state index < -0.39 is 0 Å². The fourth-order valence-electron chi connectivity index (χ4n) is 1.38. The van der Waals surface area contributed by atoms with E-state index in [2.05, 4.69) is 53.7 Å². The van der Waals surface area contributed by atoms with Crippen LogP contribution in [-0.4, -0.2) is 0 Å². The van der Waals surface area contributed by atoms with E-state index in [4.69, 9.17) is 0 Å². The molecule has 0 bridgehead atoms. The van der Waals surface area contributed by atoms with Crippen molar-refractivity contribution >= 4 is 0 Å². The summed E-state index contributed by atoms with van der Waals surface area (Å²) < 4.78 is 0. The maximum atomic E-state index is 2.31. The van der Waals surface area contributed by atoms with E-state index in [1.165, 1.54) is 30.4 Å². The van der Waals surface area contributed by atoms with Crippen LogP contribution >= 0.6 is 0 Å². The highest BCUT2D eigenvalue weighted by molar-refractivity contribution is 5.24. The molecule has 16 heavy (non-hydrogen) atoms. The first-order valence-corrected chi connectivity index (χ1v) is 6.72. The highest BCUT2D eigenvalue weighted by Crippen LogP contribution is 2.25. The van der Waals surface area contributed by atoms with Gasteiger partial charge in [-0.15, -0.1) is 0 Å². The van der Waals surface area contributed by atoms with Crippen LogP contribution < -0.4 is 0 Å². The maximum absolute atomic E-state index is 2.31. The van der Waals surface area contributed by atoms with Crippen LogP contribution in [0.3, 0.4) is 0 Å². The SMILES string of the molecule is C/C=C\C(CCC(C)(C)C)=C(\C)CC.CC. The van der Waals surface area contributed by atoms with Crippen LogP contribution in [0.4, 0.5) is 0 Å². The normalized spacial score (nSPS) is 13.2. The lowest BCUT2D eigenvalue weighted by Crippen LogP contribution is -2.05. The van der Waals surface area contributed by atoms with Gasteiger partial charge in [0.1, 0.15) is 0 Å². The molecule has 0 saturated carbocycles. The first-order chi connectivity index (χ1) is 7.40. The Morgan fingerprint density at radius 1 is 1.12 bits per heavy atom. The Morgan fingerprint density at radius 2 is 1.62 bits per heavy atom. The number of hydrogen-bond donors (Lipinski definition) is 0. The topological polar surface area (TPSA) is 0 Å². The van der Waals surface area contributed by atoms with Crippen LogP contribution in [0.2, 0.25) is 0 Å². The zero-order valence-electron chi connectivity index (χ0n) is 12.8. The molecule has 0 aromatic heterocycles. The molecule has 0 radical (unpaired) electrons. The van der Waals surface area contributed by atoms with Crippen molar-refractivity contribution < 1.29 is 0 Å². The third kappa shape index (κ3) is 10.0. The minimum Gasteiger partial charge on any atom is -0.0874 e. The molecule has 0 spiro atoms. The van der Waals surface area contributed by atoms with Crippen molar-refractivity contribution in [3.8, 4) is 0 Å². The molecule has 0 N–H and O–H groups in total. The van der Waals surface area contributed by atoms with Crippen molar-refractivity contribution in [2.24, 2.45) is 5.41 Å². The fraction of sp³-hybridized carbons (Fsp3) is 0.750. The first kappa shape index (κ1) is 17.9. The summed E-state index contributed by atoms with van der Waals surface area (Å²) in [5.74, 6) is 0. The molecule has 0 aromatic rings. The first-order valence-electron chi connectivity index (χ1n) is 6.72. The molecule has 0 aliphatic carbocycles. The molecule has 0 rings (SSSR count). The van der Waals surface area contributed by atoms with Gasteiger partial charge in [0.05, 0.1) is 0 Å². The van der Waals surface area contributed by atoms with Gasteiger partial charge in [0.2, 0.25) is 0 Å². The molecule has 96 valence electrons. The zero-order chi connectivity index (χ0) is 13.2.